The van der Waals surface area contributed by atoms with Crippen molar-refractivity contribution in [3.63, 3.8) is 0 Å². The van der Waals surface area contributed by atoms with Gasteiger partial charge in [0.15, 0.2) is 5.69 Å². The molecule has 106 valence electrons. The Bertz CT molecular complexity index is 871. The first-order valence-electron chi connectivity index (χ1n) is 6.16. The van der Waals surface area contributed by atoms with E-state index in [9.17, 15) is 9.90 Å². The van der Waals surface area contributed by atoms with Crippen molar-refractivity contribution in [1.29, 1.82) is 0 Å². The van der Waals surface area contributed by atoms with Gasteiger partial charge in [-0.1, -0.05) is 23.7 Å². The standard InChI is InChI=1S/C15H11ClN2O3/c1-18-12(7-11(17-18)15(20)21)14-10-4-3-9(16)6-8(10)2-5-13(14)19/h2-7,19H,1H3,(H,20,21). The van der Waals surface area contributed by atoms with Crippen LogP contribution in [0.3, 0.4) is 0 Å². The van der Waals surface area contributed by atoms with Crippen molar-refractivity contribution in [2.24, 2.45) is 7.05 Å². The average molecular weight is 303 g/mol. The summed E-state index contributed by atoms with van der Waals surface area (Å²) >= 11 is 5.98. The van der Waals surface area contributed by atoms with E-state index in [1.807, 2.05) is 0 Å². The van der Waals surface area contributed by atoms with Gasteiger partial charge in [-0.3, -0.25) is 4.68 Å². The summed E-state index contributed by atoms with van der Waals surface area (Å²) in [6.45, 7) is 0. The summed E-state index contributed by atoms with van der Waals surface area (Å²) in [5, 5.41) is 25.4. The molecule has 6 heteroatoms. The normalized spacial score (nSPS) is 11.0. The molecule has 0 spiro atoms. The molecule has 3 aromatic rings. The molecule has 0 aliphatic carbocycles. The van der Waals surface area contributed by atoms with Crippen molar-refractivity contribution >= 4 is 28.3 Å². The quantitative estimate of drug-likeness (QED) is 0.761. The van der Waals surface area contributed by atoms with E-state index < -0.39 is 5.97 Å². The minimum Gasteiger partial charge on any atom is -0.507 e. The highest BCUT2D eigenvalue weighted by Gasteiger charge is 2.17. The lowest BCUT2D eigenvalue weighted by Crippen LogP contribution is -1.99. The minimum absolute atomic E-state index is 0.0600. The number of aryl methyl sites for hydroxylation is 1. The Morgan fingerprint density at radius 3 is 2.67 bits per heavy atom. The van der Waals surface area contributed by atoms with Gasteiger partial charge in [-0.25, -0.2) is 4.79 Å². The van der Waals surface area contributed by atoms with E-state index in [2.05, 4.69) is 5.10 Å². The number of aromatic hydroxyl groups is 1. The maximum Gasteiger partial charge on any atom is 0.356 e. The van der Waals surface area contributed by atoms with Crippen molar-refractivity contribution < 1.29 is 15.0 Å². The molecule has 0 unspecified atom stereocenters. The van der Waals surface area contributed by atoms with Crippen LogP contribution in [0.2, 0.25) is 5.02 Å². The number of nitrogens with zero attached hydrogens (tertiary/aromatic N) is 2. The van der Waals surface area contributed by atoms with Crippen LogP contribution < -0.4 is 0 Å². The molecule has 3 rings (SSSR count). The predicted molar refractivity (Wildman–Crippen MR) is 79.8 cm³/mol. The second kappa shape index (κ2) is 4.79. The minimum atomic E-state index is -1.11. The van der Waals surface area contributed by atoms with Crippen LogP contribution in [0.5, 0.6) is 5.75 Å². The predicted octanol–water partition coefficient (Wildman–Crippen LogP) is 3.30. The largest absolute Gasteiger partial charge is 0.507 e. The summed E-state index contributed by atoms with van der Waals surface area (Å²) in [5.41, 5.74) is 0.988. The number of aromatic carboxylic acids is 1. The van der Waals surface area contributed by atoms with Crippen LogP contribution in [0.1, 0.15) is 10.5 Å². The fourth-order valence-electron chi connectivity index (χ4n) is 2.36. The molecule has 0 atom stereocenters. The van der Waals surface area contributed by atoms with Crippen LogP contribution in [-0.4, -0.2) is 26.0 Å². The lowest BCUT2D eigenvalue weighted by Gasteiger charge is -2.09. The number of rotatable bonds is 2. The molecule has 1 heterocycles. The number of phenolic OH excluding ortho intramolecular Hbond substituents is 1. The van der Waals surface area contributed by atoms with Crippen molar-refractivity contribution in [3.05, 3.63) is 47.1 Å². The van der Waals surface area contributed by atoms with Crippen molar-refractivity contribution in [2.75, 3.05) is 0 Å². The van der Waals surface area contributed by atoms with E-state index in [0.29, 0.717) is 16.3 Å². The second-order valence-corrected chi connectivity index (χ2v) is 5.11. The molecule has 0 amide bonds. The van der Waals surface area contributed by atoms with Crippen LogP contribution in [0, 0.1) is 0 Å². The van der Waals surface area contributed by atoms with Crippen molar-refractivity contribution in [2.45, 2.75) is 0 Å². The third-order valence-electron chi connectivity index (χ3n) is 3.31. The number of halogens is 1. The lowest BCUT2D eigenvalue weighted by atomic mass is 10.0. The van der Waals surface area contributed by atoms with Gasteiger partial charge < -0.3 is 10.2 Å². The van der Waals surface area contributed by atoms with Crippen LogP contribution in [-0.2, 0) is 7.05 Å². The topological polar surface area (TPSA) is 75.4 Å². The number of benzene rings is 2. The Morgan fingerprint density at radius 1 is 1.24 bits per heavy atom. The SMILES string of the molecule is Cn1nc(C(=O)O)cc1-c1c(O)ccc2cc(Cl)ccc12. The molecule has 0 radical (unpaired) electrons. The van der Waals surface area contributed by atoms with Crippen LogP contribution in [0.25, 0.3) is 22.0 Å². The van der Waals surface area contributed by atoms with Crippen molar-refractivity contribution in [1.82, 2.24) is 9.78 Å². The van der Waals surface area contributed by atoms with E-state index in [1.165, 1.54) is 10.7 Å². The Hall–Kier alpha value is -2.53. The number of carboxylic acids is 1. The zero-order chi connectivity index (χ0) is 15.1. The third kappa shape index (κ3) is 2.21. The van der Waals surface area contributed by atoms with Gasteiger partial charge in [-0.2, -0.15) is 5.10 Å². The average Bonchev–Trinajstić information content (AvgIpc) is 2.81. The van der Waals surface area contributed by atoms with Gasteiger partial charge in [0.1, 0.15) is 5.75 Å². The van der Waals surface area contributed by atoms with Gasteiger partial charge in [-0.15, -0.1) is 0 Å². The summed E-state index contributed by atoms with van der Waals surface area (Å²) < 4.78 is 1.44. The Morgan fingerprint density at radius 2 is 2.00 bits per heavy atom. The first-order valence-corrected chi connectivity index (χ1v) is 6.54. The van der Waals surface area contributed by atoms with Crippen LogP contribution in [0.15, 0.2) is 36.4 Å². The lowest BCUT2D eigenvalue weighted by molar-refractivity contribution is 0.0689. The molecule has 0 fully saturated rings. The van der Waals surface area contributed by atoms with E-state index in [4.69, 9.17) is 16.7 Å². The fourth-order valence-corrected chi connectivity index (χ4v) is 2.54. The molecular formula is C15H11ClN2O3. The van der Waals surface area contributed by atoms with Gasteiger partial charge in [0, 0.05) is 17.6 Å². The summed E-state index contributed by atoms with van der Waals surface area (Å²) in [4.78, 5) is 11.0. The highest BCUT2D eigenvalue weighted by atomic mass is 35.5. The van der Waals surface area contributed by atoms with Gasteiger partial charge in [0.2, 0.25) is 0 Å². The first-order chi connectivity index (χ1) is 9.97. The molecule has 0 aliphatic rings. The molecule has 1 aromatic heterocycles. The Kier molecular flexibility index (Phi) is 3.07. The maximum atomic E-state index is 11.0. The summed E-state index contributed by atoms with van der Waals surface area (Å²) in [7, 11) is 1.63. The molecule has 0 saturated heterocycles. The van der Waals surface area contributed by atoms with E-state index in [1.54, 1.807) is 37.4 Å². The number of carbonyl (C=O) groups is 1. The molecule has 2 aromatic carbocycles. The highest BCUT2D eigenvalue weighted by Crippen LogP contribution is 2.37. The number of fused-ring (bicyclic) bond motifs is 1. The molecule has 0 saturated carbocycles. The number of aromatic nitrogens is 2. The molecule has 5 nitrogen and oxygen atoms in total. The van der Waals surface area contributed by atoms with Gasteiger partial charge in [-0.05, 0) is 35.0 Å². The van der Waals surface area contributed by atoms with E-state index >= 15 is 0 Å². The number of phenols is 1. The Labute approximate surface area is 125 Å². The monoisotopic (exact) mass is 302 g/mol. The second-order valence-electron chi connectivity index (χ2n) is 4.67. The highest BCUT2D eigenvalue weighted by molar-refractivity contribution is 6.31. The van der Waals surface area contributed by atoms with Gasteiger partial charge in [0.05, 0.1) is 5.69 Å². The first kappa shape index (κ1) is 13.5. The number of hydrogen-bond donors (Lipinski definition) is 2. The van der Waals surface area contributed by atoms with Crippen LogP contribution in [0.4, 0.5) is 0 Å². The molecule has 0 aliphatic heterocycles. The molecule has 21 heavy (non-hydrogen) atoms. The molecule has 0 bridgehead atoms. The smallest absolute Gasteiger partial charge is 0.356 e. The van der Waals surface area contributed by atoms with E-state index in [0.717, 1.165) is 10.8 Å². The fraction of sp³-hybridized carbons (Fsp3) is 0.0667. The number of carboxylic acid groups (broad SMARTS) is 1. The zero-order valence-corrected chi connectivity index (χ0v) is 11.8. The van der Waals surface area contributed by atoms with Gasteiger partial charge >= 0.3 is 5.97 Å². The Balaban J connectivity index is 2.34. The summed E-state index contributed by atoms with van der Waals surface area (Å²) in [5.74, 6) is -1.05. The maximum absolute atomic E-state index is 11.0. The van der Waals surface area contributed by atoms with E-state index in [-0.39, 0.29) is 11.4 Å². The molecular weight excluding hydrogens is 292 g/mol. The third-order valence-corrected chi connectivity index (χ3v) is 3.55. The van der Waals surface area contributed by atoms with Crippen molar-refractivity contribution in [3.8, 4) is 17.0 Å². The van der Waals surface area contributed by atoms with Crippen LogP contribution >= 0.6 is 11.6 Å². The summed E-state index contributed by atoms with van der Waals surface area (Å²) in [6.07, 6.45) is 0. The summed E-state index contributed by atoms with van der Waals surface area (Å²) in [6, 6.07) is 10.1. The zero-order valence-electron chi connectivity index (χ0n) is 11.0. The van der Waals surface area contributed by atoms with Gasteiger partial charge in [0.25, 0.3) is 0 Å². The molecule has 2 N–H and O–H groups in total. The number of hydrogen-bond acceptors (Lipinski definition) is 3.